The van der Waals surface area contributed by atoms with Gasteiger partial charge in [0.05, 0.1) is 6.04 Å². The Morgan fingerprint density at radius 2 is 2.17 bits per heavy atom. The molecule has 0 amide bonds. The fourth-order valence-electron chi connectivity index (χ4n) is 1.83. The summed E-state index contributed by atoms with van der Waals surface area (Å²) < 4.78 is 0. The van der Waals surface area contributed by atoms with Crippen molar-refractivity contribution in [2.75, 3.05) is 0 Å². The molecule has 0 fully saturated rings. The van der Waals surface area contributed by atoms with Gasteiger partial charge in [0.25, 0.3) is 0 Å². The molecule has 1 heterocycles. The first-order valence-corrected chi connectivity index (χ1v) is 5.42. The molecule has 1 atom stereocenters. The Bertz CT molecular complexity index is 149. The summed E-state index contributed by atoms with van der Waals surface area (Å²) in [5.74, 6) is 0. The van der Waals surface area contributed by atoms with Crippen LogP contribution in [0.25, 0.3) is 0 Å². The molecule has 1 nitrogen and oxygen atoms in total. The molecule has 0 radical (unpaired) electrons. The first-order valence-electron chi connectivity index (χ1n) is 5.42. The van der Waals surface area contributed by atoms with Gasteiger partial charge < -0.3 is 0 Å². The van der Waals surface area contributed by atoms with E-state index in [1.54, 1.807) is 0 Å². The Hall–Kier alpha value is -0.330. The van der Waals surface area contributed by atoms with Crippen LogP contribution in [0.5, 0.6) is 0 Å². The molecule has 0 aromatic carbocycles. The number of nitrogens with zero attached hydrogens (tertiary/aromatic N) is 1. The average molecular weight is 167 g/mol. The van der Waals surface area contributed by atoms with Crippen LogP contribution >= 0.6 is 0 Å². The van der Waals surface area contributed by atoms with E-state index in [2.05, 4.69) is 13.8 Å². The lowest BCUT2D eigenvalue weighted by Gasteiger charge is -2.04. The third-order valence-corrected chi connectivity index (χ3v) is 2.68. The van der Waals surface area contributed by atoms with Crippen LogP contribution in [-0.2, 0) is 0 Å². The second-order valence-corrected chi connectivity index (χ2v) is 3.74. The van der Waals surface area contributed by atoms with Crippen LogP contribution in [0.3, 0.4) is 0 Å². The molecule has 12 heavy (non-hydrogen) atoms. The maximum atomic E-state index is 4.69. The minimum atomic E-state index is 0.687. The van der Waals surface area contributed by atoms with Crippen molar-refractivity contribution >= 4 is 5.71 Å². The SMILES string of the molecule is CCCCC[C@H]1CCC(CC)=N1. The minimum Gasteiger partial charge on any atom is -0.291 e. The first kappa shape index (κ1) is 9.76. The van der Waals surface area contributed by atoms with Crippen LogP contribution in [0.2, 0.25) is 0 Å². The topological polar surface area (TPSA) is 12.4 Å². The van der Waals surface area contributed by atoms with Gasteiger partial charge in [-0.25, -0.2) is 0 Å². The zero-order valence-electron chi connectivity index (χ0n) is 8.47. The summed E-state index contributed by atoms with van der Waals surface area (Å²) in [5, 5.41) is 0. The van der Waals surface area contributed by atoms with Gasteiger partial charge in [-0.1, -0.05) is 33.1 Å². The second kappa shape index (κ2) is 5.34. The van der Waals surface area contributed by atoms with Crippen molar-refractivity contribution in [2.24, 2.45) is 4.99 Å². The molecular formula is C11H21N. The molecular weight excluding hydrogens is 146 g/mol. The summed E-state index contributed by atoms with van der Waals surface area (Å²) in [7, 11) is 0. The predicted octanol–water partition coefficient (Wildman–Crippen LogP) is 3.58. The lowest BCUT2D eigenvalue weighted by atomic mass is 10.1. The van der Waals surface area contributed by atoms with E-state index >= 15 is 0 Å². The highest BCUT2D eigenvalue weighted by Crippen LogP contribution is 2.20. The van der Waals surface area contributed by atoms with Gasteiger partial charge in [-0.05, 0) is 25.7 Å². The number of unbranched alkanes of at least 4 members (excludes halogenated alkanes) is 2. The largest absolute Gasteiger partial charge is 0.291 e. The molecule has 0 aliphatic carbocycles. The van der Waals surface area contributed by atoms with E-state index in [4.69, 9.17) is 4.99 Å². The number of rotatable bonds is 5. The fraction of sp³-hybridized carbons (Fsp3) is 0.909. The quantitative estimate of drug-likeness (QED) is 0.555. The highest BCUT2D eigenvalue weighted by Gasteiger charge is 2.14. The van der Waals surface area contributed by atoms with E-state index in [-0.39, 0.29) is 0 Å². The Kier molecular flexibility index (Phi) is 4.34. The molecule has 0 unspecified atom stereocenters. The molecule has 1 heteroatoms. The summed E-state index contributed by atoms with van der Waals surface area (Å²) in [5.41, 5.74) is 1.46. The monoisotopic (exact) mass is 167 g/mol. The Morgan fingerprint density at radius 1 is 1.33 bits per heavy atom. The van der Waals surface area contributed by atoms with Crippen LogP contribution in [-0.4, -0.2) is 11.8 Å². The third-order valence-electron chi connectivity index (χ3n) is 2.68. The molecule has 0 saturated carbocycles. The summed E-state index contributed by atoms with van der Waals surface area (Å²) in [6, 6.07) is 0.687. The zero-order chi connectivity index (χ0) is 8.81. The van der Waals surface area contributed by atoms with Gasteiger partial charge in [-0.15, -0.1) is 0 Å². The highest BCUT2D eigenvalue weighted by atomic mass is 14.8. The van der Waals surface area contributed by atoms with Crippen molar-refractivity contribution in [1.82, 2.24) is 0 Å². The molecule has 0 aromatic rings. The molecule has 1 rings (SSSR count). The molecule has 0 spiro atoms. The summed E-state index contributed by atoms with van der Waals surface area (Å²) >= 11 is 0. The van der Waals surface area contributed by atoms with Crippen LogP contribution < -0.4 is 0 Å². The lowest BCUT2D eigenvalue weighted by Crippen LogP contribution is -1.98. The standard InChI is InChI=1S/C11H21N/c1-3-5-6-7-11-9-8-10(4-2)12-11/h11H,3-9H2,1-2H3/t11-/m0/s1. The van der Waals surface area contributed by atoms with Crippen molar-refractivity contribution in [3.63, 3.8) is 0 Å². The van der Waals surface area contributed by atoms with Crippen LogP contribution in [0.4, 0.5) is 0 Å². The molecule has 0 saturated heterocycles. The van der Waals surface area contributed by atoms with Gasteiger partial charge in [-0.3, -0.25) is 4.99 Å². The Morgan fingerprint density at radius 3 is 2.75 bits per heavy atom. The Labute approximate surface area is 76.3 Å². The van der Waals surface area contributed by atoms with Crippen molar-refractivity contribution in [3.05, 3.63) is 0 Å². The first-order chi connectivity index (χ1) is 5.86. The average Bonchev–Trinajstić information content (AvgIpc) is 2.53. The molecule has 70 valence electrons. The molecule has 0 bridgehead atoms. The molecule has 0 aromatic heterocycles. The molecule has 1 aliphatic heterocycles. The fourth-order valence-corrected chi connectivity index (χ4v) is 1.83. The third kappa shape index (κ3) is 2.96. The molecule has 1 aliphatic rings. The number of hydrogen-bond donors (Lipinski definition) is 0. The van der Waals surface area contributed by atoms with Gasteiger partial charge in [0.15, 0.2) is 0 Å². The van der Waals surface area contributed by atoms with E-state index < -0.39 is 0 Å². The highest BCUT2D eigenvalue weighted by molar-refractivity contribution is 5.85. The van der Waals surface area contributed by atoms with Gasteiger partial charge in [-0.2, -0.15) is 0 Å². The summed E-state index contributed by atoms with van der Waals surface area (Å²) in [4.78, 5) is 4.69. The van der Waals surface area contributed by atoms with E-state index in [0.717, 1.165) is 0 Å². The van der Waals surface area contributed by atoms with E-state index in [1.807, 2.05) is 0 Å². The maximum absolute atomic E-state index is 4.69. The van der Waals surface area contributed by atoms with Crippen molar-refractivity contribution in [3.8, 4) is 0 Å². The van der Waals surface area contributed by atoms with Gasteiger partial charge in [0.1, 0.15) is 0 Å². The van der Waals surface area contributed by atoms with Crippen LogP contribution in [0, 0.1) is 0 Å². The zero-order valence-corrected chi connectivity index (χ0v) is 8.47. The number of aliphatic imine (C=N–C) groups is 1. The number of hydrogen-bond acceptors (Lipinski definition) is 1. The van der Waals surface area contributed by atoms with Crippen molar-refractivity contribution in [2.45, 2.75) is 64.8 Å². The predicted molar refractivity (Wildman–Crippen MR) is 54.9 cm³/mol. The maximum Gasteiger partial charge on any atom is 0.0502 e. The normalized spacial score (nSPS) is 22.8. The van der Waals surface area contributed by atoms with Gasteiger partial charge >= 0.3 is 0 Å². The lowest BCUT2D eigenvalue weighted by molar-refractivity contribution is 0.560. The second-order valence-electron chi connectivity index (χ2n) is 3.74. The minimum absolute atomic E-state index is 0.687. The Balaban J connectivity index is 2.14. The summed E-state index contributed by atoms with van der Waals surface area (Å²) in [6.07, 6.45) is 9.19. The smallest absolute Gasteiger partial charge is 0.0502 e. The van der Waals surface area contributed by atoms with E-state index in [0.29, 0.717) is 6.04 Å². The molecule has 0 N–H and O–H groups in total. The van der Waals surface area contributed by atoms with Crippen molar-refractivity contribution in [1.29, 1.82) is 0 Å². The van der Waals surface area contributed by atoms with Gasteiger partial charge in [0.2, 0.25) is 0 Å². The van der Waals surface area contributed by atoms with Crippen LogP contribution in [0.15, 0.2) is 4.99 Å². The summed E-state index contributed by atoms with van der Waals surface area (Å²) in [6.45, 7) is 4.47. The van der Waals surface area contributed by atoms with Crippen molar-refractivity contribution < 1.29 is 0 Å². The van der Waals surface area contributed by atoms with Crippen LogP contribution in [0.1, 0.15) is 58.8 Å². The van der Waals surface area contributed by atoms with Gasteiger partial charge in [0, 0.05) is 5.71 Å². The van der Waals surface area contributed by atoms with E-state index in [1.165, 1.54) is 50.7 Å². The van der Waals surface area contributed by atoms with E-state index in [9.17, 15) is 0 Å².